The molecule has 1 N–H and O–H groups in total. The third-order valence-corrected chi connectivity index (χ3v) is 9.41. The van der Waals surface area contributed by atoms with Crippen molar-refractivity contribution in [1.29, 1.82) is 0 Å². The molecule has 3 fully saturated rings. The summed E-state index contributed by atoms with van der Waals surface area (Å²) in [5, 5.41) is 10.4. The molecule has 9 atom stereocenters. The lowest BCUT2D eigenvalue weighted by Crippen LogP contribution is -2.66. The van der Waals surface area contributed by atoms with Gasteiger partial charge in [-0.3, -0.25) is 4.79 Å². The van der Waals surface area contributed by atoms with Gasteiger partial charge in [0.15, 0.2) is 5.78 Å². The molecule has 0 bridgehead atoms. The van der Waals surface area contributed by atoms with Crippen molar-refractivity contribution in [2.45, 2.75) is 62.6 Å². The molecule has 5 heteroatoms. The number of hydrogen-bond acceptors (Lipinski definition) is 2. The van der Waals surface area contributed by atoms with Crippen LogP contribution < -0.4 is 0 Å². The number of fused-ring (bicyclic) bond motifs is 5. The van der Waals surface area contributed by atoms with E-state index in [1.807, 2.05) is 6.92 Å². The van der Waals surface area contributed by atoms with Gasteiger partial charge in [-0.05, 0) is 60.2 Å². The molecule has 0 aliphatic heterocycles. The zero-order chi connectivity index (χ0) is 18.4. The van der Waals surface area contributed by atoms with Gasteiger partial charge in [0.2, 0.25) is 0 Å². The maximum Gasteiger partial charge on any atom is 0.178 e. The van der Waals surface area contributed by atoms with Gasteiger partial charge in [0.25, 0.3) is 0 Å². The van der Waals surface area contributed by atoms with E-state index in [4.69, 9.17) is 23.2 Å². The van der Waals surface area contributed by atoms with E-state index >= 15 is 4.39 Å². The van der Waals surface area contributed by atoms with E-state index in [-0.39, 0.29) is 35.4 Å². The van der Waals surface area contributed by atoms with E-state index in [0.717, 1.165) is 6.42 Å². The molecule has 0 unspecified atom stereocenters. The van der Waals surface area contributed by atoms with Crippen LogP contribution in [0.5, 0.6) is 0 Å². The molecule has 4 aliphatic rings. The Morgan fingerprint density at radius 2 is 1.96 bits per heavy atom. The molecule has 0 amide bonds. The van der Waals surface area contributed by atoms with Crippen molar-refractivity contribution >= 4 is 29.0 Å². The molecule has 25 heavy (non-hydrogen) atoms. The molecule has 0 heterocycles. The fraction of sp³-hybridized carbons (Fsp3) is 0.750. The van der Waals surface area contributed by atoms with Crippen LogP contribution in [0.3, 0.4) is 0 Å². The van der Waals surface area contributed by atoms with Crippen LogP contribution in [0.1, 0.15) is 40.0 Å². The van der Waals surface area contributed by atoms with E-state index in [1.54, 1.807) is 6.08 Å². The second-order valence-corrected chi connectivity index (χ2v) is 10.2. The van der Waals surface area contributed by atoms with Gasteiger partial charge in [-0.1, -0.05) is 26.8 Å². The summed E-state index contributed by atoms with van der Waals surface area (Å²) < 4.78 is 15.2. The highest BCUT2D eigenvalue weighted by atomic mass is 35.5. The Morgan fingerprint density at radius 3 is 2.64 bits per heavy atom. The molecule has 3 saturated carbocycles. The van der Waals surface area contributed by atoms with Crippen molar-refractivity contribution in [2.75, 3.05) is 0 Å². The van der Waals surface area contributed by atoms with Crippen LogP contribution in [-0.2, 0) is 4.79 Å². The van der Waals surface area contributed by atoms with Gasteiger partial charge in [0.05, 0.1) is 16.4 Å². The van der Waals surface area contributed by atoms with Crippen LogP contribution in [0, 0.1) is 28.6 Å². The predicted octanol–water partition coefficient (Wildman–Crippen LogP) is 4.43. The highest BCUT2D eigenvalue weighted by molar-refractivity contribution is 6.34. The first-order valence-corrected chi connectivity index (χ1v) is 9.97. The lowest BCUT2D eigenvalue weighted by molar-refractivity contribution is -0.111. The lowest BCUT2D eigenvalue weighted by Gasteiger charge is -2.63. The molecule has 2 nitrogen and oxygen atoms in total. The number of allylic oxidation sites excluding steroid dienone is 4. The van der Waals surface area contributed by atoms with E-state index < -0.39 is 27.9 Å². The van der Waals surface area contributed by atoms with Gasteiger partial charge in [-0.25, -0.2) is 4.39 Å². The number of aliphatic hydroxyl groups excluding tert-OH is 1. The van der Waals surface area contributed by atoms with E-state index in [2.05, 4.69) is 13.8 Å². The Bertz CT molecular complexity index is 691. The number of halogens is 3. The summed E-state index contributed by atoms with van der Waals surface area (Å²) in [7, 11) is 0. The summed E-state index contributed by atoms with van der Waals surface area (Å²) in [6.07, 6.45) is 4.75. The minimum Gasteiger partial charge on any atom is -0.392 e. The number of ketones is 1. The summed E-state index contributed by atoms with van der Waals surface area (Å²) in [5.74, 6) is -0.0349. The lowest BCUT2D eigenvalue weighted by atomic mass is 9.47. The zero-order valence-electron chi connectivity index (χ0n) is 14.8. The second-order valence-electron chi connectivity index (χ2n) is 9.06. The molecule has 0 radical (unpaired) electrons. The van der Waals surface area contributed by atoms with Gasteiger partial charge in [0, 0.05) is 5.41 Å². The fourth-order valence-corrected chi connectivity index (χ4v) is 7.69. The van der Waals surface area contributed by atoms with Crippen molar-refractivity contribution in [3.8, 4) is 0 Å². The SMILES string of the molecule is C[C@H]1C[C@H]2[C@@H]3C[C@H](F)C4=CC(=O)C=C[C@]4(C)[C@@]3(Cl)[C@@H](Cl)C[C@]2(C)[C@@H]1O. The van der Waals surface area contributed by atoms with Gasteiger partial charge in [-0.2, -0.15) is 0 Å². The maximum atomic E-state index is 15.2. The van der Waals surface area contributed by atoms with Gasteiger partial charge >= 0.3 is 0 Å². The number of carbonyl (C=O) groups is 1. The molecule has 0 aromatic carbocycles. The van der Waals surface area contributed by atoms with Crippen LogP contribution in [0.2, 0.25) is 0 Å². The van der Waals surface area contributed by atoms with Crippen molar-refractivity contribution < 1.29 is 14.3 Å². The normalized spacial score (nSPS) is 57.6. The third-order valence-electron chi connectivity index (χ3n) is 7.86. The molecule has 0 aromatic rings. The van der Waals surface area contributed by atoms with Crippen molar-refractivity contribution in [3.63, 3.8) is 0 Å². The Morgan fingerprint density at radius 1 is 1.28 bits per heavy atom. The Hall–Kier alpha value is -0.380. The molecule has 138 valence electrons. The summed E-state index contributed by atoms with van der Waals surface area (Å²) in [6, 6.07) is 0. The number of hydrogen-bond donors (Lipinski definition) is 1. The zero-order valence-corrected chi connectivity index (χ0v) is 16.3. The molecule has 4 rings (SSSR count). The number of alkyl halides is 3. The number of carbonyl (C=O) groups excluding carboxylic acids is 1. The molecule has 0 saturated heterocycles. The fourth-order valence-electron chi connectivity index (χ4n) is 6.48. The highest BCUT2D eigenvalue weighted by Crippen LogP contribution is 2.70. The first-order chi connectivity index (χ1) is 11.6. The smallest absolute Gasteiger partial charge is 0.178 e. The molecule has 0 aromatic heterocycles. The van der Waals surface area contributed by atoms with Crippen LogP contribution in [0.15, 0.2) is 23.8 Å². The minimum atomic E-state index is -1.20. The molecule has 4 aliphatic carbocycles. The van der Waals surface area contributed by atoms with Crippen LogP contribution in [0.4, 0.5) is 4.39 Å². The van der Waals surface area contributed by atoms with Gasteiger partial charge in [-0.15, -0.1) is 23.2 Å². The highest BCUT2D eigenvalue weighted by Gasteiger charge is 2.70. The van der Waals surface area contributed by atoms with Crippen molar-refractivity contribution in [1.82, 2.24) is 0 Å². The molecular weight excluding hydrogens is 362 g/mol. The first-order valence-electron chi connectivity index (χ1n) is 9.16. The molecular formula is C20H25Cl2FO2. The largest absolute Gasteiger partial charge is 0.392 e. The second kappa shape index (κ2) is 5.33. The van der Waals surface area contributed by atoms with Crippen LogP contribution >= 0.6 is 23.2 Å². The summed E-state index contributed by atoms with van der Waals surface area (Å²) in [6.45, 7) is 6.05. The topological polar surface area (TPSA) is 37.3 Å². The average Bonchev–Trinajstić information content (AvgIpc) is 2.76. The number of rotatable bonds is 0. The van der Waals surface area contributed by atoms with E-state index in [9.17, 15) is 9.90 Å². The predicted molar refractivity (Wildman–Crippen MR) is 97.6 cm³/mol. The quantitative estimate of drug-likeness (QED) is 0.625. The Labute approximate surface area is 158 Å². The summed E-state index contributed by atoms with van der Waals surface area (Å²) in [5.41, 5.74) is -0.650. The van der Waals surface area contributed by atoms with Crippen LogP contribution in [0.25, 0.3) is 0 Å². The van der Waals surface area contributed by atoms with Gasteiger partial charge in [0.1, 0.15) is 6.17 Å². The maximum absolute atomic E-state index is 15.2. The molecule has 0 spiro atoms. The minimum absolute atomic E-state index is 0.132. The van der Waals surface area contributed by atoms with E-state index in [0.29, 0.717) is 12.0 Å². The summed E-state index contributed by atoms with van der Waals surface area (Å²) in [4.78, 5) is 11.0. The van der Waals surface area contributed by atoms with E-state index in [1.165, 1.54) is 12.2 Å². The number of aliphatic hydroxyl groups is 1. The Kier molecular flexibility index (Phi) is 3.84. The monoisotopic (exact) mass is 386 g/mol. The first kappa shape index (κ1) is 18.0. The van der Waals surface area contributed by atoms with Crippen LogP contribution in [-0.4, -0.2) is 33.4 Å². The third kappa shape index (κ3) is 2.04. The Balaban J connectivity index is 1.86. The summed E-state index contributed by atoms with van der Waals surface area (Å²) >= 11 is 14.2. The average molecular weight is 387 g/mol. The standard InChI is InChI=1S/C20H25Cl2FO2/c1-10-6-12-13-8-15(23)14-7-11(24)4-5-19(14,3)20(13,22)16(21)9-18(12,2)17(10)25/h4-5,7,10,12-13,15-17,25H,6,8-9H2,1-3H3/t10-,12-,13-,15-,16-,17+,18-,19-,20-/m0/s1. The van der Waals surface area contributed by atoms with Gasteiger partial charge < -0.3 is 5.11 Å². The van der Waals surface area contributed by atoms with Crippen molar-refractivity contribution in [3.05, 3.63) is 23.8 Å². The van der Waals surface area contributed by atoms with Crippen molar-refractivity contribution in [2.24, 2.45) is 28.6 Å².